The number of hydrogen-bond donors (Lipinski definition) is 0. The summed E-state index contributed by atoms with van der Waals surface area (Å²) in [4.78, 5) is 16.3. The van der Waals surface area contributed by atoms with Crippen molar-refractivity contribution in [3.05, 3.63) is 52.1 Å². The van der Waals surface area contributed by atoms with E-state index in [2.05, 4.69) is 11.9 Å². The van der Waals surface area contributed by atoms with Crippen molar-refractivity contribution < 1.29 is 14.3 Å². The number of carbonyl (C=O) groups excluding carboxylic acids is 1. The molecule has 0 spiro atoms. The van der Waals surface area contributed by atoms with Crippen molar-refractivity contribution in [3.63, 3.8) is 0 Å². The van der Waals surface area contributed by atoms with Crippen LogP contribution in [0.2, 0.25) is 5.02 Å². The standard InChI is InChI=1S/C22H29ClN2O3/c1-5-7-8-11-28-20-10-9-18(21(23)13-20)15-25-17(4)24-14-19(25)12-16(3)22(26)27-6-2/h9-10,12-14H,5-8,11,15H2,1-4H3/b16-12+. The Hall–Kier alpha value is -2.27. The monoisotopic (exact) mass is 404 g/mol. The fourth-order valence-corrected chi connectivity index (χ4v) is 3.02. The predicted molar refractivity (Wildman–Crippen MR) is 113 cm³/mol. The molecule has 0 amide bonds. The van der Waals surface area contributed by atoms with E-state index in [1.807, 2.05) is 29.7 Å². The molecule has 152 valence electrons. The maximum absolute atomic E-state index is 11.9. The molecule has 2 aromatic rings. The number of nitrogens with zero attached hydrogens (tertiary/aromatic N) is 2. The van der Waals surface area contributed by atoms with Crippen molar-refractivity contribution in [2.45, 2.75) is 53.5 Å². The maximum Gasteiger partial charge on any atom is 0.333 e. The second-order valence-electron chi connectivity index (χ2n) is 6.67. The molecular weight excluding hydrogens is 376 g/mol. The van der Waals surface area contributed by atoms with Gasteiger partial charge in [-0.3, -0.25) is 0 Å². The van der Waals surface area contributed by atoms with E-state index in [9.17, 15) is 4.79 Å². The number of esters is 1. The minimum atomic E-state index is -0.324. The van der Waals surface area contributed by atoms with Gasteiger partial charge in [0.2, 0.25) is 0 Å². The zero-order valence-corrected chi connectivity index (χ0v) is 17.9. The number of imidazole rings is 1. The number of aromatic nitrogens is 2. The van der Waals surface area contributed by atoms with Crippen molar-refractivity contribution in [3.8, 4) is 5.75 Å². The zero-order chi connectivity index (χ0) is 20.5. The number of benzene rings is 1. The van der Waals surface area contributed by atoms with Crippen molar-refractivity contribution in [2.24, 2.45) is 0 Å². The third-order valence-electron chi connectivity index (χ3n) is 4.42. The van der Waals surface area contributed by atoms with Gasteiger partial charge in [0.05, 0.1) is 31.6 Å². The van der Waals surface area contributed by atoms with Crippen molar-refractivity contribution >= 4 is 23.6 Å². The van der Waals surface area contributed by atoms with Gasteiger partial charge < -0.3 is 14.0 Å². The summed E-state index contributed by atoms with van der Waals surface area (Å²) in [5, 5.41) is 0.651. The molecule has 1 aromatic carbocycles. The Morgan fingerprint density at radius 3 is 2.75 bits per heavy atom. The first-order chi connectivity index (χ1) is 13.5. The minimum absolute atomic E-state index is 0.324. The van der Waals surface area contributed by atoms with E-state index in [1.165, 1.54) is 6.42 Å². The van der Waals surface area contributed by atoms with Gasteiger partial charge in [-0.15, -0.1) is 0 Å². The Kier molecular flexibility index (Phi) is 8.58. The van der Waals surface area contributed by atoms with Crippen LogP contribution in [0, 0.1) is 6.92 Å². The quantitative estimate of drug-likeness (QED) is 0.301. The number of rotatable bonds is 10. The van der Waals surface area contributed by atoms with E-state index < -0.39 is 0 Å². The van der Waals surface area contributed by atoms with Gasteiger partial charge in [0.15, 0.2) is 0 Å². The summed E-state index contributed by atoms with van der Waals surface area (Å²) in [6.07, 6.45) is 6.90. The molecule has 0 saturated heterocycles. The highest BCUT2D eigenvalue weighted by Gasteiger charge is 2.11. The number of carbonyl (C=O) groups is 1. The molecule has 1 heterocycles. The highest BCUT2D eigenvalue weighted by molar-refractivity contribution is 6.31. The van der Waals surface area contributed by atoms with Gasteiger partial charge in [0, 0.05) is 10.6 Å². The lowest BCUT2D eigenvalue weighted by Gasteiger charge is -2.12. The van der Waals surface area contributed by atoms with E-state index in [4.69, 9.17) is 21.1 Å². The summed E-state index contributed by atoms with van der Waals surface area (Å²) in [7, 11) is 0. The topological polar surface area (TPSA) is 53.4 Å². The van der Waals surface area contributed by atoms with Gasteiger partial charge in [0.25, 0.3) is 0 Å². The minimum Gasteiger partial charge on any atom is -0.494 e. The van der Waals surface area contributed by atoms with Crippen LogP contribution in [0.3, 0.4) is 0 Å². The molecule has 0 aliphatic heterocycles. The molecule has 0 unspecified atom stereocenters. The van der Waals surface area contributed by atoms with E-state index in [-0.39, 0.29) is 5.97 Å². The van der Waals surface area contributed by atoms with Crippen LogP contribution in [0.1, 0.15) is 57.1 Å². The Morgan fingerprint density at radius 2 is 2.07 bits per heavy atom. The Bertz CT molecular complexity index is 827. The fourth-order valence-electron chi connectivity index (χ4n) is 2.79. The van der Waals surface area contributed by atoms with Crippen molar-refractivity contribution in [1.82, 2.24) is 9.55 Å². The first-order valence-electron chi connectivity index (χ1n) is 9.75. The van der Waals surface area contributed by atoms with Crippen LogP contribution in [0.5, 0.6) is 5.75 Å². The van der Waals surface area contributed by atoms with Gasteiger partial charge in [0.1, 0.15) is 11.6 Å². The average Bonchev–Trinajstić information content (AvgIpc) is 3.00. The normalized spacial score (nSPS) is 11.5. The average molecular weight is 405 g/mol. The van der Waals surface area contributed by atoms with Crippen LogP contribution in [0.15, 0.2) is 30.0 Å². The first-order valence-corrected chi connectivity index (χ1v) is 10.1. The van der Waals surface area contributed by atoms with Gasteiger partial charge >= 0.3 is 5.97 Å². The van der Waals surface area contributed by atoms with E-state index >= 15 is 0 Å². The molecule has 28 heavy (non-hydrogen) atoms. The van der Waals surface area contributed by atoms with Crippen molar-refractivity contribution in [1.29, 1.82) is 0 Å². The predicted octanol–water partition coefficient (Wildman–Crippen LogP) is 5.43. The van der Waals surface area contributed by atoms with Gasteiger partial charge in [-0.05, 0) is 51.0 Å². The van der Waals surface area contributed by atoms with E-state index in [0.29, 0.717) is 30.4 Å². The maximum atomic E-state index is 11.9. The van der Waals surface area contributed by atoms with E-state index in [1.54, 1.807) is 26.1 Å². The third-order valence-corrected chi connectivity index (χ3v) is 4.77. The van der Waals surface area contributed by atoms with Crippen molar-refractivity contribution in [2.75, 3.05) is 13.2 Å². The molecule has 2 rings (SSSR count). The van der Waals surface area contributed by atoms with Crippen LogP contribution in [-0.4, -0.2) is 28.7 Å². The lowest BCUT2D eigenvalue weighted by atomic mass is 10.2. The van der Waals surface area contributed by atoms with Gasteiger partial charge in [-0.1, -0.05) is 37.4 Å². The van der Waals surface area contributed by atoms with Crippen LogP contribution in [0.25, 0.3) is 6.08 Å². The molecule has 0 aliphatic rings. The summed E-state index contributed by atoms with van der Waals surface area (Å²) in [5.41, 5.74) is 2.33. The number of aryl methyl sites for hydroxylation is 1. The molecule has 0 N–H and O–H groups in total. The summed E-state index contributed by atoms with van der Waals surface area (Å²) in [6.45, 7) is 9.23. The summed E-state index contributed by atoms with van der Waals surface area (Å²) < 4.78 is 12.8. The molecule has 0 saturated carbocycles. The molecule has 6 heteroatoms. The van der Waals surface area contributed by atoms with Gasteiger partial charge in [-0.2, -0.15) is 0 Å². The van der Waals surface area contributed by atoms with Crippen LogP contribution >= 0.6 is 11.6 Å². The van der Waals surface area contributed by atoms with E-state index in [0.717, 1.165) is 35.7 Å². The zero-order valence-electron chi connectivity index (χ0n) is 17.1. The Morgan fingerprint density at radius 1 is 1.29 bits per heavy atom. The largest absolute Gasteiger partial charge is 0.494 e. The Labute approximate surface area is 172 Å². The molecule has 5 nitrogen and oxygen atoms in total. The van der Waals surface area contributed by atoms with Gasteiger partial charge in [-0.25, -0.2) is 9.78 Å². The smallest absolute Gasteiger partial charge is 0.333 e. The second-order valence-corrected chi connectivity index (χ2v) is 7.08. The highest BCUT2D eigenvalue weighted by atomic mass is 35.5. The second kappa shape index (κ2) is 10.9. The molecule has 0 bridgehead atoms. The lowest BCUT2D eigenvalue weighted by molar-refractivity contribution is -0.138. The van der Waals surface area contributed by atoms with Crippen LogP contribution in [0.4, 0.5) is 0 Å². The Balaban J connectivity index is 2.14. The summed E-state index contributed by atoms with van der Waals surface area (Å²) in [6, 6.07) is 5.77. The molecule has 0 radical (unpaired) electrons. The molecule has 0 atom stereocenters. The number of unbranched alkanes of at least 4 members (excludes halogenated alkanes) is 2. The molecule has 0 aliphatic carbocycles. The van der Waals surface area contributed by atoms with Crippen LogP contribution < -0.4 is 4.74 Å². The molecule has 1 aromatic heterocycles. The summed E-state index contributed by atoms with van der Waals surface area (Å²) >= 11 is 6.49. The number of ether oxygens (including phenoxy) is 2. The number of halogens is 1. The molecule has 0 fully saturated rings. The third kappa shape index (κ3) is 6.13. The summed E-state index contributed by atoms with van der Waals surface area (Å²) in [5.74, 6) is 1.31. The number of hydrogen-bond acceptors (Lipinski definition) is 4. The highest BCUT2D eigenvalue weighted by Crippen LogP contribution is 2.25. The SMILES string of the molecule is CCCCCOc1ccc(Cn2c(/C=C(\C)C(=O)OCC)cnc2C)c(Cl)c1. The lowest BCUT2D eigenvalue weighted by Crippen LogP contribution is -2.08. The fraction of sp³-hybridized carbons (Fsp3) is 0.455. The molecular formula is C22H29ClN2O3. The first kappa shape index (κ1) is 22.0. The van der Waals surface area contributed by atoms with Crippen LogP contribution in [-0.2, 0) is 16.1 Å².